The highest BCUT2D eigenvalue weighted by Gasteiger charge is 2.36. The summed E-state index contributed by atoms with van der Waals surface area (Å²) in [5.41, 5.74) is 0.867. The minimum Gasteiger partial charge on any atom is -0.354 e. The monoisotopic (exact) mass is 421 g/mol. The molecule has 0 spiro atoms. The van der Waals surface area contributed by atoms with Crippen molar-refractivity contribution >= 4 is 29.1 Å². The van der Waals surface area contributed by atoms with Crippen molar-refractivity contribution in [1.82, 2.24) is 10.2 Å². The molecule has 0 bridgehead atoms. The first-order valence-electron chi connectivity index (χ1n) is 9.22. The minimum atomic E-state index is -0.828. The van der Waals surface area contributed by atoms with E-state index < -0.39 is 17.6 Å². The van der Waals surface area contributed by atoms with Gasteiger partial charge in [-0.15, -0.1) is 0 Å². The molecule has 29 heavy (non-hydrogen) atoms. The second-order valence-electron chi connectivity index (χ2n) is 7.25. The van der Waals surface area contributed by atoms with Gasteiger partial charge >= 0.3 is 0 Å². The molecule has 154 valence electrons. The molecule has 2 amide bonds. The van der Waals surface area contributed by atoms with Crippen LogP contribution in [-0.4, -0.2) is 43.9 Å². The van der Waals surface area contributed by atoms with Crippen LogP contribution < -0.4 is 10.2 Å². The summed E-state index contributed by atoms with van der Waals surface area (Å²) >= 11 is 6.28. The van der Waals surface area contributed by atoms with E-state index in [0.717, 1.165) is 17.7 Å². The Morgan fingerprint density at radius 2 is 2.00 bits per heavy atom. The number of halogens is 3. The van der Waals surface area contributed by atoms with Gasteiger partial charge in [-0.05, 0) is 37.9 Å². The maximum atomic E-state index is 14.0. The van der Waals surface area contributed by atoms with Gasteiger partial charge in [-0.25, -0.2) is 8.78 Å². The first-order valence-corrected chi connectivity index (χ1v) is 9.59. The molecule has 1 heterocycles. The molecule has 2 aromatic rings. The van der Waals surface area contributed by atoms with Crippen molar-refractivity contribution in [1.29, 1.82) is 0 Å². The number of benzene rings is 2. The fourth-order valence-corrected chi connectivity index (χ4v) is 3.74. The van der Waals surface area contributed by atoms with Crippen LogP contribution in [0.1, 0.15) is 18.0 Å². The average molecular weight is 422 g/mol. The largest absolute Gasteiger partial charge is 0.354 e. The third kappa shape index (κ3) is 4.74. The molecule has 0 radical (unpaired) electrons. The van der Waals surface area contributed by atoms with Gasteiger partial charge in [0.1, 0.15) is 11.6 Å². The van der Waals surface area contributed by atoms with Gasteiger partial charge in [0.05, 0.1) is 17.6 Å². The maximum Gasteiger partial charge on any atom is 0.227 e. The molecule has 3 rings (SSSR count). The average Bonchev–Trinajstić information content (AvgIpc) is 3.04. The van der Waals surface area contributed by atoms with Crippen LogP contribution in [0.25, 0.3) is 0 Å². The van der Waals surface area contributed by atoms with Gasteiger partial charge in [0.25, 0.3) is 0 Å². The lowest BCUT2D eigenvalue weighted by Gasteiger charge is -2.26. The summed E-state index contributed by atoms with van der Waals surface area (Å²) in [6.45, 7) is 0.358. The van der Waals surface area contributed by atoms with E-state index in [4.69, 9.17) is 11.6 Å². The summed E-state index contributed by atoms with van der Waals surface area (Å²) in [5, 5.41) is 3.48. The van der Waals surface area contributed by atoms with Crippen LogP contribution in [-0.2, 0) is 9.59 Å². The number of carbonyl (C=O) groups is 2. The van der Waals surface area contributed by atoms with Crippen LogP contribution in [0.5, 0.6) is 0 Å². The summed E-state index contributed by atoms with van der Waals surface area (Å²) in [5.74, 6) is -2.82. The van der Waals surface area contributed by atoms with Crippen molar-refractivity contribution in [3.63, 3.8) is 0 Å². The molecule has 1 fully saturated rings. The van der Waals surface area contributed by atoms with Gasteiger partial charge in [-0.1, -0.05) is 29.8 Å². The van der Waals surface area contributed by atoms with Crippen LogP contribution in [0.2, 0.25) is 5.02 Å². The lowest BCUT2D eigenvalue weighted by atomic mass is 10.0. The Morgan fingerprint density at radius 1 is 1.28 bits per heavy atom. The van der Waals surface area contributed by atoms with E-state index in [0.29, 0.717) is 11.6 Å². The smallest absolute Gasteiger partial charge is 0.227 e. The molecule has 1 saturated heterocycles. The molecule has 1 N–H and O–H groups in total. The van der Waals surface area contributed by atoms with Crippen LogP contribution >= 0.6 is 11.6 Å². The van der Waals surface area contributed by atoms with E-state index in [1.165, 1.54) is 11.0 Å². The SMILES string of the molecule is CN(C)C(CNC(=O)C1CC(=O)N(c2ccc(F)cc2F)C1)c1ccccc1Cl. The quantitative estimate of drug-likeness (QED) is 0.777. The Labute approximate surface area is 173 Å². The van der Waals surface area contributed by atoms with Gasteiger partial charge < -0.3 is 15.1 Å². The van der Waals surface area contributed by atoms with Crippen molar-refractivity contribution in [2.24, 2.45) is 5.92 Å². The fraction of sp³-hybridized carbons (Fsp3) is 0.333. The summed E-state index contributed by atoms with van der Waals surface area (Å²) < 4.78 is 27.1. The van der Waals surface area contributed by atoms with Crippen LogP contribution in [0.4, 0.5) is 14.5 Å². The van der Waals surface area contributed by atoms with Crippen molar-refractivity contribution < 1.29 is 18.4 Å². The third-order valence-electron chi connectivity index (χ3n) is 5.05. The molecular weight excluding hydrogens is 400 g/mol. The lowest BCUT2D eigenvalue weighted by Crippen LogP contribution is -2.38. The predicted octanol–water partition coefficient (Wildman–Crippen LogP) is 3.39. The van der Waals surface area contributed by atoms with Gasteiger partial charge in [-0.2, -0.15) is 0 Å². The van der Waals surface area contributed by atoms with Crippen molar-refractivity contribution in [3.8, 4) is 0 Å². The molecule has 1 aliphatic rings. The Morgan fingerprint density at radius 3 is 2.66 bits per heavy atom. The zero-order chi connectivity index (χ0) is 21.1. The molecule has 2 aromatic carbocycles. The number of anilines is 1. The van der Waals surface area contributed by atoms with Gasteiger partial charge in [-0.3, -0.25) is 9.59 Å². The predicted molar refractivity (Wildman–Crippen MR) is 108 cm³/mol. The zero-order valence-electron chi connectivity index (χ0n) is 16.2. The summed E-state index contributed by atoms with van der Waals surface area (Å²) in [7, 11) is 3.77. The molecule has 0 aromatic heterocycles. The second-order valence-corrected chi connectivity index (χ2v) is 7.65. The number of carbonyl (C=O) groups excluding carboxylic acids is 2. The Hall–Kier alpha value is -2.51. The number of amides is 2. The Bertz CT molecular complexity index is 923. The maximum absolute atomic E-state index is 14.0. The van der Waals surface area contributed by atoms with Crippen LogP contribution in [0, 0.1) is 17.6 Å². The van der Waals surface area contributed by atoms with Crippen LogP contribution in [0.15, 0.2) is 42.5 Å². The van der Waals surface area contributed by atoms with Crippen molar-refractivity contribution in [2.45, 2.75) is 12.5 Å². The normalized spacial score (nSPS) is 17.7. The highest BCUT2D eigenvalue weighted by atomic mass is 35.5. The number of nitrogens with one attached hydrogen (secondary N) is 1. The zero-order valence-corrected chi connectivity index (χ0v) is 16.9. The minimum absolute atomic E-state index is 0.0195. The van der Waals surface area contributed by atoms with E-state index in [2.05, 4.69) is 5.32 Å². The summed E-state index contributed by atoms with van der Waals surface area (Å²) in [6.07, 6.45) is -0.0264. The molecule has 2 unspecified atom stereocenters. The molecular formula is C21H22ClF2N3O2. The number of likely N-dealkylation sites (N-methyl/N-ethyl adjacent to an activating group) is 1. The second kappa shape index (κ2) is 8.88. The number of hydrogen-bond acceptors (Lipinski definition) is 3. The molecule has 8 heteroatoms. The van der Waals surface area contributed by atoms with Gasteiger partial charge in [0.2, 0.25) is 11.8 Å². The van der Waals surface area contributed by atoms with Crippen molar-refractivity contribution in [2.75, 3.05) is 32.1 Å². The van der Waals surface area contributed by atoms with Gasteiger partial charge in [0.15, 0.2) is 0 Å². The highest BCUT2D eigenvalue weighted by Crippen LogP contribution is 2.29. The van der Waals surface area contributed by atoms with E-state index in [9.17, 15) is 18.4 Å². The summed E-state index contributed by atoms with van der Waals surface area (Å²) in [4.78, 5) is 28.1. The number of rotatable bonds is 6. The molecule has 0 aliphatic carbocycles. The fourth-order valence-electron chi connectivity index (χ4n) is 3.47. The molecule has 2 atom stereocenters. The lowest BCUT2D eigenvalue weighted by molar-refractivity contribution is -0.126. The summed E-state index contributed by atoms with van der Waals surface area (Å²) in [6, 6.07) is 10.3. The van der Waals surface area contributed by atoms with Crippen molar-refractivity contribution in [3.05, 3.63) is 64.7 Å². The molecule has 1 aliphatic heterocycles. The topological polar surface area (TPSA) is 52.7 Å². The van der Waals surface area contributed by atoms with E-state index >= 15 is 0 Å². The first-order chi connectivity index (χ1) is 13.8. The highest BCUT2D eigenvalue weighted by molar-refractivity contribution is 6.31. The van der Waals surface area contributed by atoms with Gasteiger partial charge in [0, 0.05) is 30.6 Å². The first kappa shape index (κ1) is 21.2. The number of hydrogen-bond donors (Lipinski definition) is 1. The molecule has 0 saturated carbocycles. The van der Waals surface area contributed by atoms with Crippen LogP contribution in [0.3, 0.4) is 0 Å². The van der Waals surface area contributed by atoms with E-state index in [1.54, 1.807) is 6.07 Å². The standard InChI is InChI=1S/C21H22ClF2N3O2/c1-26(2)19(15-5-3-4-6-16(15)22)11-25-21(29)13-9-20(28)27(12-13)18-8-7-14(23)10-17(18)24/h3-8,10,13,19H,9,11-12H2,1-2H3,(H,25,29). The third-order valence-corrected chi connectivity index (χ3v) is 5.40. The number of nitrogens with zero attached hydrogens (tertiary/aromatic N) is 2. The van der Waals surface area contributed by atoms with E-state index in [-0.39, 0.29) is 36.5 Å². The molecule has 5 nitrogen and oxygen atoms in total. The Balaban J connectivity index is 1.66. The Kier molecular flexibility index (Phi) is 6.49. The van der Waals surface area contributed by atoms with E-state index in [1.807, 2.05) is 37.2 Å².